The summed E-state index contributed by atoms with van der Waals surface area (Å²) in [6, 6.07) is 6.56. The summed E-state index contributed by atoms with van der Waals surface area (Å²) < 4.78 is 27.1. The van der Waals surface area contributed by atoms with Gasteiger partial charge in [0.15, 0.2) is 6.54 Å². The highest BCUT2D eigenvalue weighted by molar-refractivity contribution is 7.89. The summed E-state index contributed by atoms with van der Waals surface area (Å²) in [4.78, 5) is 13.9. The number of nitrogens with one attached hydrogen (secondary N) is 2. The van der Waals surface area contributed by atoms with E-state index >= 15 is 0 Å². The van der Waals surface area contributed by atoms with Crippen LogP contribution < -0.4 is 10.2 Å². The molecular formula is C20H32N3O3S+. The van der Waals surface area contributed by atoms with Gasteiger partial charge in [-0.25, -0.2) is 8.42 Å². The Balaban J connectivity index is 1.57. The van der Waals surface area contributed by atoms with Gasteiger partial charge in [0.2, 0.25) is 10.0 Å². The van der Waals surface area contributed by atoms with Gasteiger partial charge in [-0.3, -0.25) is 4.79 Å². The molecule has 0 spiro atoms. The van der Waals surface area contributed by atoms with Gasteiger partial charge < -0.3 is 10.2 Å². The van der Waals surface area contributed by atoms with Crippen LogP contribution in [0.2, 0.25) is 0 Å². The third-order valence-corrected chi connectivity index (χ3v) is 7.71. The zero-order valence-electron chi connectivity index (χ0n) is 16.4. The third kappa shape index (κ3) is 5.30. The Morgan fingerprint density at radius 2 is 1.78 bits per heavy atom. The molecule has 0 aromatic heterocycles. The molecule has 2 saturated heterocycles. The van der Waals surface area contributed by atoms with Crippen LogP contribution in [0.5, 0.6) is 0 Å². The monoisotopic (exact) mass is 394 g/mol. The predicted octanol–water partition coefficient (Wildman–Crippen LogP) is 1.36. The van der Waals surface area contributed by atoms with E-state index in [9.17, 15) is 13.2 Å². The maximum Gasteiger partial charge on any atom is 0.279 e. The number of nitrogens with zero attached hydrogens (tertiary/aromatic N) is 1. The lowest BCUT2D eigenvalue weighted by Gasteiger charge is -2.29. The zero-order chi connectivity index (χ0) is 19.4. The molecule has 6 nitrogen and oxygen atoms in total. The number of piperidine rings is 2. The molecule has 1 amide bonds. The van der Waals surface area contributed by atoms with E-state index in [1.165, 1.54) is 17.7 Å². The number of benzene rings is 1. The number of carbonyl (C=O) groups is 1. The number of carbonyl (C=O) groups excluding carboxylic acids is 1. The highest BCUT2D eigenvalue weighted by Gasteiger charge is 2.28. The fourth-order valence-corrected chi connectivity index (χ4v) is 5.54. The molecule has 0 radical (unpaired) electrons. The van der Waals surface area contributed by atoms with Crippen molar-refractivity contribution in [1.29, 1.82) is 0 Å². The molecule has 1 aromatic rings. The van der Waals surface area contributed by atoms with Crippen molar-refractivity contribution in [2.24, 2.45) is 11.8 Å². The van der Waals surface area contributed by atoms with Gasteiger partial charge >= 0.3 is 0 Å². The average molecular weight is 395 g/mol. The van der Waals surface area contributed by atoms with Gasteiger partial charge in [-0.05, 0) is 55.9 Å². The van der Waals surface area contributed by atoms with Crippen molar-refractivity contribution in [2.75, 3.05) is 38.0 Å². The zero-order valence-corrected chi connectivity index (χ0v) is 17.2. The first-order chi connectivity index (χ1) is 12.8. The van der Waals surface area contributed by atoms with Crippen molar-refractivity contribution in [2.45, 2.75) is 44.4 Å². The minimum absolute atomic E-state index is 0.0141. The number of amides is 1. The Morgan fingerprint density at radius 1 is 1.11 bits per heavy atom. The van der Waals surface area contributed by atoms with Crippen LogP contribution in [0.25, 0.3) is 0 Å². The highest BCUT2D eigenvalue weighted by Crippen LogP contribution is 2.24. The van der Waals surface area contributed by atoms with Crippen LogP contribution in [0, 0.1) is 11.8 Å². The van der Waals surface area contributed by atoms with E-state index in [4.69, 9.17) is 0 Å². The number of likely N-dealkylation sites (tertiary alicyclic amines) is 1. The number of rotatable bonds is 5. The van der Waals surface area contributed by atoms with Crippen LogP contribution in [0.1, 0.15) is 39.5 Å². The number of sulfonamides is 1. The Labute approximate surface area is 163 Å². The molecule has 2 heterocycles. The van der Waals surface area contributed by atoms with Gasteiger partial charge in [0.25, 0.3) is 5.91 Å². The van der Waals surface area contributed by atoms with Crippen molar-refractivity contribution < 1.29 is 18.1 Å². The standard InChI is InChI=1S/C20H31N3O3S/c1-16-9-12-23(13-10-16)27(25,26)19-7-5-18(6-8-19)21-20(24)15-22-11-3-4-17(2)14-22/h5-8,16-17H,3-4,9-15H2,1-2H3,(H,21,24)/p+1/t17-/m0/s1. The number of anilines is 1. The summed E-state index contributed by atoms with van der Waals surface area (Å²) >= 11 is 0. The molecule has 3 rings (SSSR count). The van der Waals surface area contributed by atoms with E-state index < -0.39 is 10.0 Å². The summed E-state index contributed by atoms with van der Waals surface area (Å²) in [6.45, 7) is 8.11. The van der Waals surface area contributed by atoms with Gasteiger partial charge in [-0.1, -0.05) is 13.8 Å². The molecule has 2 aliphatic rings. The summed E-state index contributed by atoms with van der Waals surface area (Å²) in [7, 11) is -3.44. The minimum atomic E-state index is -3.44. The van der Waals surface area contributed by atoms with E-state index in [0.717, 1.165) is 25.9 Å². The molecule has 0 saturated carbocycles. The fraction of sp³-hybridized carbons (Fsp3) is 0.650. The molecule has 0 bridgehead atoms. The van der Waals surface area contributed by atoms with Crippen LogP contribution in [-0.2, 0) is 14.8 Å². The lowest BCUT2D eigenvalue weighted by molar-refractivity contribution is -0.900. The van der Waals surface area contributed by atoms with E-state index in [0.29, 0.717) is 42.1 Å². The molecule has 27 heavy (non-hydrogen) atoms. The Hall–Kier alpha value is -1.44. The largest absolute Gasteiger partial charge is 0.327 e. The van der Waals surface area contributed by atoms with Crippen LogP contribution in [0.4, 0.5) is 5.69 Å². The molecule has 2 atom stereocenters. The maximum atomic E-state index is 12.8. The number of hydrogen-bond acceptors (Lipinski definition) is 3. The van der Waals surface area contributed by atoms with Gasteiger partial charge in [-0.2, -0.15) is 4.31 Å². The first-order valence-electron chi connectivity index (χ1n) is 10.1. The first kappa shape index (κ1) is 20.3. The van der Waals surface area contributed by atoms with Crippen LogP contribution >= 0.6 is 0 Å². The van der Waals surface area contributed by atoms with Gasteiger partial charge in [-0.15, -0.1) is 0 Å². The molecule has 2 fully saturated rings. The molecule has 7 heteroatoms. The van der Waals surface area contributed by atoms with Gasteiger partial charge in [0, 0.05) is 24.7 Å². The summed E-state index contributed by atoms with van der Waals surface area (Å²) in [5, 5.41) is 2.90. The lowest BCUT2D eigenvalue weighted by Crippen LogP contribution is -3.14. The molecular weight excluding hydrogens is 362 g/mol. The topological polar surface area (TPSA) is 70.9 Å². The molecule has 1 unspecified atom stereocenters. The van der Waals surface area contributed by atoms with E-state index in [1.54, 1.807) is 28.6 Å². The highest BCUT2D eigenvalue weighted by atomic mass is 32.2. The van der Waals surface area contributed by atoms with Crippen molar-refractivity contribution in [1.82, 2.24) is 4.31 Å². The van der Waals surface area contributed by atoms with Crippen molar-refractivity contribution >= 4 is 21.6 Å². The molecule has 2 aliphatic heterocycles. The second-order valence-electron chi connectivity index (χ2n) is 8.29. The molecule has 150 valence electrons. The second kappa shape index (κ2) is 8.71. The number of hydrogen-bond donors (Lipinski definition) is 2. The smallest absolute Gasteiger partial charge is 0.279 e. The fourth-order valence-electron chi connectivity index (χ4n) is 4.07. The van der Waals surface area contributed by atoms with Crippen LogP contribution in [-0.4, -0.2) is 51.4 Å². The van der Waals surface area contributed by atoms with E-state index in [2.05, 4.69) is 19.2 Å². The average Bonchev–Trinajstić information content (AvgIpc) is 2.62. The summed E-state index contributed by atoms with van der Waals surface area (Å²) in [6.07, 6.45) is 4.23. The lowest BCUT2D eigenvalue weighted by atomic mass is 10.0. The van der Waals surface area contributed by atoms with Gasteiger partial charge in [0.05, 0.1) is 18.0 Å². The van der Waals surface area contributed by atoms with Crippen LogP contribution in [0.15, 0.2) is 29.2 Å². The van der Waals surface area contributed by atoms with E-state index in [1.807, 2.05) is 0 Å². The number of quaternary nitrogens is 1. The second-order valence-corrected chi connectivity index (χ2v) is 10.2. The first-order valence-corrected chi connectivity index (χ1v) is 11.5. The predicted molar refractivity (Wildman–Crippen MR) is 106 cm³/mol. The van der Waals surface area contributed by atoms with Crippen LogP contribution in [0.3, 0.4) is 0 Å². The Morgan fingerprint density at radius 3 is 2.41 bits per heavy atom. The molecule has 2 N–H and O–H groups in total. The summed E-state index contributed by atoms with van der Waals surface area (Å²) in [5.41, 5.74) is 0.649. The van der Waals surface area contributed by atoms with Crippen molar-refractivity contribution in [3.05, 3.63) is 24.3 Å². The quantitative estimate of drug-likeness (QED) is 0.792. The van der Waals surface area contributed by atoms with E-state index in [-0.39, 0.29) is 5.91 Å². The SMILES string of the molecule is CC1CCN(S(=O)(=O)c2ccc(NC(=O)C[NH+]3CCC[C@H](C)C3)cc2)CC1. The molecule has 1 aromatic carbocycles. The van der Waals surface area contributed by atoms with Crippen molar-refractivity contribution in [3.8, 4) is 0 Å². The minimum Gasteiger partial charge on any atom is -0.327 e. The third-order valence-electron chi connectivity index (χ3n) is 5.79. The van der Waals surface area contributed by atoms with Crippen molar-refractivity contribution in [3.63, 3.8) is 0 Å². The Bertz CT molecular complexity index is 740. The maximum absolute atomic E-state index is 12.8. The molecule has 0 aliphatic carbocycles. The summed E-state index contributed by atoms with van der Waals surface area (Å²) in [5.74, 6) is 1.24. The Kier molecular flexibility index (Phi) is 6.55. The normalized spacial score (nSPS) is 25.3. The van der Waals surface area contributed by atoms with Gasteiger partial charge in [0.1, 0.15) is 0 Å².